The van der Waals surface area contributed by atoms with Crippen molar-refractivity contribution in [2.45, 2.75) is 39.2 Å². The Morgan fingerprint density at radius 3 is 2.81 bits per heavy atom. The minimum absolute atomic E-state index is 0.335. The lowest BCUT2D eigenvalue weighted by molar-refractivity contribution is 0.260. The number of rotatable bonds is 2. The smallest absolute Gasteiger partial charge is 0.221 e. The zero-order chi connectivity index (χ0) is 11.5. The summed E-state index contributed by atoms with van der Waals surface area (Å²) in [6.45, 7) is 4.66. The summed E-state index contributed by atoms with van der Waals surface area (Å²) in [6, 6.07) is 2.40. The third-order valence-electron chi connectivity index (χ3n) is 3.62. The van der Waals surface area contributed by atoms with E-state index in [4.69, 9.17) is 5.73 Å². The van der Waals surface area contributed by atoms with Gasteiger partial charge in [0.25, 0.3) is 0 Å². The van der Waals surface area contributed by atoms with E-state index in [0.717, 1.165) is 17.7 Å². The van der Waals surface area contributed by atoms with E-state index < -0.39 is 0 Å². The highest BCUT2D eigenvalue weighted by Crippen LogP contribution is 2.30. The Morgan fingerprint density at radius 2 is 2.12 bits per heavy atom. The Labute approximate surface area is 96.7 Å². The van der Waals surface area contributed by atoms with Gasteiger partial charge in [0.1, 0.15) is 5.82 Å². The highest BCUT2D eigenvalue weighted by molar-refractivity contribution is 5.38. The van der Waals surface area contributed by atoms with E-state index in [0.29, 0.717) is 12.0 Å². The van der Waals surface area contributed by atoms with Crippen LogP contribution in [0.4, 0.5) is 11.8 Å². The molecule has 0 bridgehead atoms. The van der Waals surface area contributed by atoms with Crippen LogP contribution in [-0.4, -0.2) is 16.0 Å². The number of nitrogen functional groups attached to an aromatic ring is 1. The van der Waals surface area contributed by atoms with Crippen LogP contribution in [0.3, 0.4) is 0 Å². The number of anilines is 2. The molecule has 2 rings (SSSR count). The first-order chi connectivity index (χ1) is 7.65. The molecule has 0 aromatic carbocycles. The molecule has 16 heavy (non-hydrogen) atoms. The summed E-state index contributed by atoms with van der Waals surface area (Å²) >= 11 is 0. The van der Waals surface area contributed by atoms with Gasteiger partial charge in [0.05, 0.1) is 0 Å². The van der Waals surface area contributed by atoms with Gasteiger partial charge in [-0.25, -0.2) is 4.98 Å². The fourth-order valence-corrected chi connectivity index (χ4v) is 2.34. The Balaban J connectivity index is 1.95. The molecule has 1 aromatic rings. The minimum Gasteiger partial charge on any atom is -0.368 e. The number of nitrogens with one attached hydrogen (secondary N) is 1. The van der Waals surface area contributed by atoms with E-state index in [1.165, 1.54) is 19.3 Å². The first-order valence-corrected chi connectivity index (χ1v) is 6.00. The molecular weight excluding hydrogens is 200 g/mol. The van der Waals surface area contributed by atoms with Gasteiger partial charge in [-0.1, -0.05) is 13.8 Å². The molecule has 0 saturated heterocycles. The summed E-state index contributed by atoms with van der Waals surface area (Å²) in [4.78, 5) is 8.05. The summed E-state index contributed by atoms with van der Waals surface area (Å²) in [5.41, 5.74) is 5.55. The molecule has 88 valence electrons. The molecule has 3 unspecified atom stereocenters. The van der Waals surface area contributed by atoms with Crippen LogP contribution in [0, 0.1) is 11.8 Å². The maximum atomic E-state index is 5.55. The monoisotopic (exact) mass is 220 g/mol. The van der Waals surface area contributed by atoms with Crippen LogP contribution in [0.25, 0.3) is 0 Å². The van der Waals surface area contributed by atoms with E-state index >= 15 is 0 Å². The van der Waals surface area contributed by atoms with Gasteiger partial charge in [-0.3, -0.25) is 0 Å². The molecule has 1 heterocycles. The fraction of sp³-hybridized carbons (Fsp3) is 0.667. The lowest BCUT2D eigenvalue weighted by atomic mass is 9.79. The summed E-state index contributed by atoms with van der Waals surface area (Å²) in [5.74, 6) is 2.81. The van der Waals surface area contributed by atoms with E-state index in [1.807, 2.05) is 6.07 Å². The molecule has 0 spiro atoms. The highest BCUT2D eigenvalue weighted by Gasteiger charge is 2.24. The Kier molecular flexibility index (Phi) is 3.27. The molecule has 0 aliphatic heterocycles. The molecule has 1 saturated carbocycles. The molecule has 1 aliphatic carbocycles. The predicted molar refractivity (Wildman–Crippen MR) is 66.0 cm³/mol. The first kappa shape index (κ1) is 11.2. The average Bonchev–Trinajstić information content (AvgIpc) is 2.24. The second kappa shape index (κ2) is 4.68. The van der Waals surface area contributed by atoms with Crippen molar-refractivity contribution in [1.82, 2.24) is 9.97 Å². The molecule has 3 atom stereocenters. The fourth-order valence-electron chi connectivity index (χ4n) is 2.34. The van der Waals surface area contributed by atoms with Gasteiger partial charge in [0.15, 0.2) is 0 Å². The van der Waals surface area contributed by atoms with Crippen LogP contribution in [0.2, 0.25) is 0 Å². The van der Waals surface area contributed by atoms with Gasteiger partial charge in [-0.05, 0) is 37.2 Å². The Hall–Kier alpha value is -1.32. The minimum atomic E-state index is 0.335. The van der Waals surface area contributed by atoms with Crippen LogP contribution in [-0.2, 0) is 0 Å². The lowest BCUT2D eigenvalue weighted by Gasteiger charge is -2.32. The van der Waals surface area contributed by atoms with Crippen molar-refractivity contribution in [3.63, 3.8) is 0 Å². The van der Waals surface area contributed by atoms with Crippen LogP contribution >= 0.6 is 0 Å². The summed E-state index contributed by atoms with van der Waals surface area (Å²) < 4.78 is 0. The first-order valence-electron chi connectivity index (χ1n) is 6.00. The second-order valence-corrected chi connectivity index (χ2v) is 4.91. The summed E-state index contributed by atoms with van der Waals surface area (Å²) in [5, 5.41) is 3.44. The van der Waals surface area contributed by atoms with E-state index in [-0.39, 0.29) is 0 Å². The number of nitrogens with zero attached hydrogens (tertiary/aromatic N) is 2. The number of aromatic nitrogens is 2. The number of hydrogen-bond donors (Lipinski definition) is 2. The molecule has 1 fully saturated rings. The van der Waals surface area contributed by atoms with E-state index in [2.05, 4.69) is 29.1 Å². The van der Waals surface area contributed by atoms with Gasteiger partial charge >= 0.3 is 0 Å². The van der Waals surface area contributed by atoms with Crippen molar-refractivity contribution in [3.05, 3.63) is 12.3 Å². The molecule has 0 amide bonds. The molecule has 4 nitrogen and oxygen atoms in total. The second-order valence-electron chi connectivity index (χ2n) is 4.91. The van der Waals surface area contributed by atoms with Gasteiger partial charge in [0, 0.05) is 12.2 Å². The van der Waals surface area contributed by atoms with Crippen molar-refractivity contribution in [1.29, 1.82) is 0 Å². The zero-order valence-electron chi connectivity index (χ0n) is 9.98. The maximum absolute atomic E-state index is 5.55. The van der Waals surface area contributed by atoms with E-state index in [9.17, 15) is 0 Å². The quantitative estimate of drug-likeness (QED) is 0.802. The largest absolute Gasteiger partial charge is 0.368 e. The SMILES string of the molecule is CC1CCC(Nc2ccnc(N)n2)CC1C. The molecular formula is C12H20N4. The number of nitrogens with two attached hydrogens (primary N) is 1. The molecule has 1 aromatic heterocycles. The summed E-state index contributed by atoms with van der Waals surface area (Å²) in [6.07, 6.45) is 5.42. The van der Waals surface area contributed by atoms with Gasteiger partial charge in [-0.2, -0.15) is 4.98 Å². The normalized spacial score (nSPS) is 30.0. The highest BCUT2D eigenvalue weighted by atomic mass is 15.1. The van der Waals surface area contributed by atoms with Gasteiger partial charge < -0.3 is 11.1 Å². The van der Waals surface area contributed by atoms with E-state index in [1.54, 1.807) is 6.20 Å². The van der Waals surface area contributed by atoms with Crippen LogP contribution in [0.15, 0.2) is 12.3 Å². The van der Waals surface area contributed by atoms with Crippen molar-refractivity contribution in [2.24, 2.45) is 11.8 Å². The zero-order valence-corrected chi connectivity index (χ0v) is 9.98. The summed E-state index contributed by atoms with van der Waals surface area (Å²) in [7, 11) is 0. The molecule has 3 N–H and O–H groups in total. The predicted octanol–water partition coefficient (Wildman–Crippen LogP) is 2.30. The Bertz CT molecular complexity index is 353. The molecule has 0 radical (unpaired) electrons. The van der Waals surface area contributed by atoms with Crippen molar-refractivity contribution < 1.29 is 0 Å². The van der Waals surface area contributed by atoms with Crippen LogP contribution in [0.1, 0.15) is 33.1 Å². The van der Waals surface area contributed by atoms with Crippen LogP contribution in [0.5, 0.6) is 0 Å². The van der Waals surface area contributed by atoms with Crippen molar-refractivity contribution in [3.8, 4) is 0 Å². The van der Waals surface area contributed by atoms with Gasteiger partial charge in [0.2, 0.25) is 5.95 Å². The third kappa shape index (κ3) is 2.62. The number of hydrogen-bond acceptors (Lipinski definition) is 4. The topological polar surface area (TPSA) is 63.8 Å². The lowest BCUT2D eigenvalue weighted by Crippen LogP contribution is -2.30. The standard InChI is InChI=1S/C12H20N4/c1-8-3-4-10(7-9(8)2)15-11-5-6-14-12(13)16-11/h5-6,8-10H,3-4,7H2,1-2H3,(H3,13,14,15,16). The molecule has 1 aliphatic rings. The third-order valence-corrected chi connectivity index (χ3v) is 3.62. The molecule has 4 heteroatoms. The van der Waals surface area contributed by atoms with Gasteiger partial charge in [-0.15, -0.1) is 0 Å². The van der Waals surface area contributed by atoms with Crippen molar-refractivity contribution in [2.75, 3.05) is 11.1 Å². The maximum Gasteiger partial charge on any atom is 0.221 e. The Morgan fingerprint density at radius 1 is 1.31 bits per heavy atom. The average molecular weight is 220 g/mol. The van der Waals surface area contributed by atoms with Crippen LogP contribution < -0.4 is 11.1 Å². The van der Waals surface area contributed by atoms with Crippen molar-refractivity contribution >= 4 is 11.8 Å².